The number of carbonyl (C=O) groups is 1. The first-order chi connectivity index (χ1) is 6.67. The third kappa shape index (κ3) is 4.56. The van der Waals surface area contributed by atoms with Gasteiger partial charge < -0.3 is 5.73 Å². The van der Waals surface area contributed by atoms with Gasteiger partial charge in [-0.05, 0) is 25.8 Å². The topological polar surface area (TPSA) is 43.1 Å². The molecule has 0 saturated carbocycles. The highest BCUT2D eigenvalue weighted by Crippen LogP contribution is 2.14. The van der Waals surface area contributed by atoms with E-state index < -0.39 is 0 Å². The number of allylic oxidation sites excluding steroid dienone is 2. The molecular formula is C12H23NO. The summed E-state index contributed by atoms with van der Waals surface area (Å²) in [6.45, 7) is 6.03. The van der Waals surface area contributed by atoms with Gasteiger partial charge in [-0.25, -0.2) is 0 Å². The second-order valence-corrected chi connectivity index (χ2v) is 3.72. The fourth-order valence-corrected chi connectivity index (χ4v) is 1.64. The lowest BCUT2D eigenvalue weighted by atomic mass is 9.89. The van der Waals surface area contributed by atoms with E-state index in [1.807, 2.05) is 13.8 Å². The largest absolute Gasteiger partial charge is 0.327 e. The molecule has 0 saturated heterocycles. The average molecular weight is 197 g/mol. The number of hydrogen-bond donors (Lipinski definition) is 1. The lowest BCUT2D eigenvalue weighted by Crippen LogP contribution is -2.34. The molecular weight excluding hydrogens is 174 g/mol. The van der Waals surface area contributed by atoms with Crippen molar-refractivity contribution >= 4 is 5.78 Å². The summed E-state index contributed by atoms with van der Waals surface area (Å²) in [5.41, 5.74) is 5.99. The molecule has 14 heavy (non-hydrogen) atoms. The lowest BCUT2D eigenvalue weighted by Gasteiger charge is -2.19. The van der Waals surface area contributed by atoms with E-state index in [2.05, 4.69) is 6.92 Å². The summed E-state index contributed by atoms with van der Waals surface area (Å²) in [4.78, 5) is 11.6. The first-order valence-corrected chi connectivity index (χ1v) is 5.59. The highest BCUT2D eigenvalue weighted by atomic mass is 16.1. The minimum atomic E-state index is 0.0118. The van der Waals surface area contributed by atoms with Crippen LogP contribution in [0.5, 0.6) is 0 Å². The summed E-state index contributed by atoms with van der Waals surface area (Å²) < 4.78 is 0. The zero-order valence-electron chi connectivity index (χ0n) is 9.62. The van der Waals surface area contributed by atoms with Crippen molar-refractivity contribution in [2.75, 3.05) is 0 Å². The molecule has 0 aromatic heterocycles. The first-order valence-electron chi connectivity index (χ1n) is 5.59. The van der Waals surface area contributed by atoms with Gasteiger partial charge in [0.05, 0.1) is 0 Å². The summed E-state index contributed by atoms with van der Waals surface area (Å²) in [5, 5.41) is 0. The van der Waals surface area contributed by atoms with Crippen molar-refractivity contribution in [3.05, 3.63) is 12.2 Å². The van der Waals surface area contributed by atoms with Crippen molar-refractivity contribution in [1.82, 2.24) is 0 Å². The Labute approximate surface area is 87.6 Å². The molecule has 0 aromatic carbocycles. The van der Waals surface area contributed by atoms with Crippen LogP contribution < -0.4 is 5.73 Å². The monoisotopic (exact) mass is 197 g/mol. The Bertz CT molecular complexity index is 187. The Kier molecular flexibility index (Phi) is 7.40. The minimum absolute atomic E-state index is 0.0118. The van der Waals surface area contributed by atoms with Crippen molar-refractivity contribution < 1.29 is 4.79 Å². The summed E-state index contributed by atoms with van der Waals surface area (Å²) in [5.74, 6) is 0.191. The fraction of sp³-hybridized carbons (Fsp3) is 0.750. The fourth-order valence-electron chi connectivity index (χ4n) is 1.64. The van der Waals surface area contributed by atoms with Crippen molar-refractivity contribution in [2.45, 2.75) is 52.5 Å². The highest BCUT2D eigenvalue weighted by Gasteiger charge is 2.20. The number of nitrogens with two attached hydrogens (primary N) is 1. The second-order valence-electron chi connectivity index (χ2n) is 3.72. The molecule has 82 valence electrons. The van der Waals surface area contributed by atoms with E-state index in [1.165, 1.54) is 0 Å². The molecule has 2 atom stereocenters. The van der Waals surface area contributed by atoms with Gasteiger partial charge in [-0.3, -0.25) is 4.79 Å². The van der Waals surface area contributed by atoms with E-state index in [9.17, 15) is 4.79 Å². The molecule has 0 aliphatic rings. The van der Waals surface area contributed by atoms with Crippen LogP contribution in [-0.4, -0.2) is 11.8 Å². The van der Waals surface area contributed by atoms with E-state index >= 15 is 0 Å². The highest BCUT2D eigenvalue weighted by molar-refractivity contribution is 5.92. The van der Waals surface area contributed by atoms with Crippen LogP contribution >= 0.6 is 0 Å². The molecule has 0 fully saturated rings. The summed E-state index contributed by atoms with van der Waals surface area (Å²) >= 11 is 0. The van der Waals surface area contributed by atoms with Crippen LogP contribution in [0.4, 0.5) is 0 Å². The summed E-state index contributed by atoms with van der Waals surface area (Å²) in [6.07, 6.45) is 7.48. The predicted molar refractivity (Wildman–Crippen MR) is 61.1 cm³/mol. The van der Waals surface area contributed by atoms with Gasteiger partial charge in [-0.1, -0.05) is 32.8 Å². The van der Waals surface area contributed by atoms with Crippen molar-refractivity contribution in [3.8, 4) is 0 Å². The molecule has 2 N–H and O–H groups in total. The van der Waals surface area contributed by atoms with Crippen molar-refractivity contribution in [2.24, 2.45) is 11.7 Å². The van der Waals surface area contributed by atoms with Gasteiger partial charge in [0.25, 0.3) is 0 Å². The normalized spacial score (nSPS) is 15.7. The minimum Gasteiger partial charge on any atom is -0.327 e. The number of carbonyl (C=O) groups excluding carboxylic acids is 1. The third-order valence-electron chi connectivity index (χ3n) is 2.54. The molecule has 0 aromatic rings. The number of unbranched alkanes of at least 4 members (excludes halogenated alkanes) is 1. The SMILES string of the molecule is CC=CC(=O)C(CC)C(N)CCCC. The number of ketones is 1. The van der Waals surface area contributed by atoms with Gasteiger partial charge in [0.2, 0.25) is 0 Å². The van der Waals surface area contributed by atoms with Gasteiger partial charge in [-0.2, -0.15) is 0 Å². The maximum absolute atomic E-state index is 11.6. The molecule has 0 rings (SSSR count). The molecule has 0 amide bonds. The Hall–Kier alpha value is -0.630. The smallest absolute Gasteiger partial charge is 0.159 e. The van der Waals surface area contributed by atoms with E-state index in [1.54, 1.807) is 12.2 Å². The maximum atomic E-state index is 11.6. The standard InChI is InChI=1S/C12H23NO/c1-4-7-9-11(13)10(6-3)12(14)8-5-2/h5,8,10-11H,4,6-7,9,13H2,1-3H3. The van der Waals surface area contributed by atoms with Crippen LogP contribution in [0.3, 0.4) is 0 Å². The molecule has 0 bridgehead atoms. The Morgan fingerprint density at radius 1 is 1.43 bits per heavy atom. The van der Waals surface area contributed by atoms with Gasteiger partial charge in [0, 0.05) is 12.0 Å². The van der Waals surface area contributed by atoms with Crippen LogP contribution in [0, 0.1) is 5.92 Å². The van der Waals surface area contributed by atoms with Gasteiger partial charge in [0.15, 0.2) is 5.78 Å². The van der Waals surface area contributed by atoms with Crippen LogP contribution in [-0.2, 0) is 4.79 Å². The molecule has 0 aliphatic heterocycles. The van der Waals surface area contributed by atoms with E-state index in [0.717, 1.165) is 25.7 Å². The van der Waals surface area contributed by atoms with Gasteiger partial charge >= 0.3 is 0 Å². The van der Waals surface area contributed by atoms with Crippen molar-refractivity contribution in [1.29, 1.82) is 0 Å². The zero-order chi connectivity index (χ0) is 11.0. The predicted octanol–water partition coefficient (Wildman–Crippen LogP) is 2.68. The van der Waals surface area contributed by atoms with E-state index in [-0.39, 0.29) is 17.7 Å². The lowest BCUT2D eigenvalue weighted by molar-refractivity contribution is -0.118. The molecule has 0 heterocycles. The molecule has 2 heteroatoms. The quantitative estimate of drug-likeness (QED) is 0.638. The van der Waals surface area contributed by atoms with Crippen LogP contribution in [0.2, 0.25) is 0 Å². The van der Waals surface area contributed by atoms with Crippen LogP contribution in [0.1, 0.15) is 46.5 Å². The Balaban J connectivity index is 4.17. The summed E-state index contributed by atoms with van der Waals surface area (Å²) in [6, 6.07) is 0.0312. The molecule has 0 radical (unpaired) electrons. The number of hydrogen-bond acceptors (Lipinski definition) is 2. The Morgan fingerprint density at radius 2 is 2.07 bits per heavy atom. The third-order valence-corrected chi connectivity index (χ3v) is 2.54. The van der Waals surface area contributed by atoms with Gasteiger partial charge in [0.1, 0.15) is 0 Å². The zero-order valence-corrected chi connectivity index (χ0v) is 9.62. The molecule has 0 aliphatic carbocycles. The van der Waals surface area contributed by atoms with Crippen molar-refractivity contribution in [3.63, 3.8) is 0 Å². The average Bonchev–Trinajstić information content (AvgIpc) is 2.16. The first kappa shape index (κ1) is 13.4. The van der Waals surface area contributed by atoms with E-state index in [4.69, 9.17) is 5.73 Å². The number of rotatable bonds is 7. The Morgan fingerprint density at radius 3 is 2.50 bits per heavy atom. The summed E-state index contributed by atoms with van der Waals surface area (Å²) in [7, 11) is 0. The maximum Gasteiger partial charge on any atom is 0.159 e. The van der Waals surface area contributed by atoms with Gasteiger partial charge in [-0.15, -0.1) is 0 Å². The van der Waals surface area contributed by atoms with Crippen LogP contribution in [0.15, 0.2) is 12.2 Å². The van der Waals surface area contributed by atoms with E-state index in [0.29, 0.717) is 0 Å². The molecule has 0 spiro atoms. The molecule has 2 unspecified atom stereocenters. The van der Waals surface area contributed by atoms with Crippen LogP contribution in [0.25, 0.3) is 0 Å². The molecule has 2 nitrogen and oxygen atoms in total. The second kappa shape index (κ2) is 7.74.